The number of nitrogens with zero attached hydrogens (tertiary/aromatic N) is 2. The third-order valence-electron chi connectivity index (χ3n) is 4.00. The molecule has 8 nitrogen and oxygen atoms in total. The second kappa shape index (κ2) is 15.2. The van der Waals surface area contributed by atoms with E-state index in [-0.39, 0.29) is 36.6 Å². The minimum Gasteiger partial charge on any atom is -0.444 e. The first kappa shape index (κ1) is 28.4. The molecule has 1 amide bonds. The van der Waals surface area contributed by atoms with Crippen molar-refractivity contribution in [3.63, 3.8) is 0 Å². The summed E-state index contributed by atoms with van der Waals surface area (Å²) >= 11 is 0. The van der Waals surface area contributed by atoms with Gasteiger partial charge in [-0.3, -0.25) is 9.98 Å². The molecule has 0 aliphatic rings. The predicted molar refractivity (Wildman–Crippen MR) is 131 cm³/mol. The van der Waals surface area contributed by atoms with Gasteiger partial charge in [0.05, 0.1) is 12.6 Å². The first-order chi connectivity index (χ1) is 13.7. The fraction of sp³-hybridized carbons (Fsp3) is 0.667. The zero-order chi connectivity index (χ0) is 21.7. The van der Waals surface area contributed by atoms with Crippen LogP contribution in [0.2, 0.25) is 0 Å². The number of carbonyl (C=O) groups is 1. The number of alkyl carbamates (subject to hydrolysis) is 1. The number of pyridine rings is 1. The number of aliphatic hydroxyl groups is 1. The largest absolute Gasteiger partial charge is 0.444 e. The molecule has 1 aromatic rings. The molecule has 1 aromatic heterocycles. The van der Waals surface area contributed by atoms with Crippen molar-refractivity contribution < 1.29 is 14.6 Å². The van der Waals surface area contributed by atoms with E-state index in [1.165, 1.54) is 0 Å². The van der Waals surface area contributed by atoms with Gasteiger partial charge in [-0.1, -0.05) is 19.8 Å². The Morgan fingerprint density at radius 1 is 1.23 bits per heavy atom. The number of ether oxygens (including phenoxy) is 1. The lowest BCUT2D eigenvalue weighted by Crippen LogP contribution is -2.49. The smallest absolute Gasteiger partial charge is 0.407 e. The van der Waals surface area contributed by atoms with Crippen LogP contribution in [0, 0.1) is 0 Å². The van der Waals surface area contributed by atoms with E-state index in [1.54, 1.807) is 24.5 Å². The maximum absolute atomic E-state index is 12.0. The SMILES string of the molecule is CCCCC(CNC(=O)OC(C)(C)C)NC(=NCC(O)c1ccncc1)NCC.I. The number of unbranched alkanes of at least 4 members (excludes halogenated alkanes) is 1. The first-order valence-corrected chi connectivity index (χ1v) is 10.3. The minimum absolute atomic E-state index is 0. The molecule has 2 unspecified atom stereocenters. The van der Waals surface area contributed by atoms with Crippen LogP contribution in [0.5, 0.6) is 0 Å². The Hall–Kier alpha value is -1.62. The number of halogens is 1. The lowest BCUT2D eigenvalue weighted by Gasteiger charge is -2.24. The van der Waals surface area contributed by atoms with Crippen LogP contribution in [-0.4, -0.2) is 53.4 Å². The maximum atomic E-state index is 12.0. The number of aromatic nitrogens is 1. The average molecular weight is 535 g/mol. The van der Waals surface area contributed by atoms with Gasteiger partial charge in [0.2, 0.25) is 0 Å². The van der Waals surface area contributed by atoms with E-state index in [0.717, 1.165) is 24.8 Å². The summed E-state index contributed by atoms with van der Waals surface area (Å²) in [5.74, 6) is 0.604. The summed E-state index contributed by atoms with van der Waals surface area (Å²) < 4.78 is 5.31. The summed E-state index contributed by atoms with van der Waals surface area (Å²) in [5.41, 5.74) is 0.240. The van der Waals surface area contributed by atoms with Crippen molar-refractivity contribution in [1.82, 2.24) is 20.9 Å². The summed E-state index contributed by atoms with van der Waals surface area (Å²) in [5, 5.41) is 19.7. The van der Waals surface area contributed by atoms with Crippen LogP contribution < -0.4 is 16.0 Å². The van der Waals surface area contributed by atoms with Gasteiger partial charge in [0.1, 0.15) is 5.60 Å². The van der Waals surface area contributed by atoms with Gasteiger partial charge in [-0.05, 0) is 51.8 Å². The molecule has 0 aliphatic heterocycles. The summed E-state index contributed by atoms with van der Waals surface area (Å²) in [6, 6.07) is 3.54. The number of amides is 1. The highest BCUT2D eigenvalue weighted by Gasteiger charge is 2.18. The van der Waals surface area contributed by atoms with Crippen molar-refractivity contribution in [3.8, 4) is 0 Å². The second-order valence-corrected chi connectivity index (χ2v) is 7.88. The third-order valence-corrected chi connectivity index (χ3v) is 4.00. The Morgan fingerprint density at radius 3 is 2.47 bits per heavy atom. The molecule has 0 radical (unpaired) electrons. The molecule has 2 atom stereocenters. The van der Waals surface area contributed by atoms with E-state index in [1.807, 2.05) is 27.7 Å². The molecule has 1 heterocycles. The first-order valence-electron chi connectivity index (χ1n) is 10.3. The van der Waals surface area contributed by atoms with Crippen molar-refractivity contribution in [3.05, 3.63) is 30.1 Å². The van der Waals surface area contributed by atoms with E-state index >= 15 is 0 Å². The van der Waals surface area contributed by atoms with Gasteiger partial charge in [0.25, 0.3) is 0 Å². The molecule has 0 saturated carbocycles. The van der Waals surface area contributed by atoms with Crippen LogP contribution in [0.25, 0.3) is 0 Å². The lowest BCUT2D eigenvalue weighted by molar-refractivity contribution is 0.0522. The minimum atomic E-state index is -0.706. The highest BCUT2D eigenvalue weighted by molar-refractivity contribution is 14.0. The van der Waals surface area contributed by atoms with E-state index in [0.29, 0.717) is 19.0 Å². The number of guanidine groups is 1. The number of aliphatic imine (C=N–C) groups is 1. The molecule has 0 bridgehead atoms. The molecule has 4 N–H and O–H groups in total. The third kappa shape index (κ3) is 12.8. The Labute approximate surface area is 197 Å². The van der Waals surface area contributed by atoms with Crippen LogP contribution in [0.4, 0.5) is 4.79 Å². The van der Waals surface area contributed by atoms with Crippen molar-refractivity contribution in [2.24, 2.45) is 4.99 Å². The van der Waals surface area contributed by atoms with Crippen LogP contribution in [0.3, 0.4) is 0 Å². The Morgan fingerprint density at radius 2 is 1.90 bits per heavy atom. The van der Waals surface area contributed by atoms with Gasteiger partial charge in [-0.2, -0.15) is 0 Å². The van der Waals surface area contributed by atoms with Gasteiger partial charge in [-0.25, -0.2) is 4.79 Å². The monoisotopic (exact) mass is 535 g/mol. The normalized spacial score (nSPS) is 13.6. The molecule has 30 heavy (non-hydrogen) atoms. The average Bonchev–Trinajstić information content (AvgIpc) is 2.67. The second-order valence-electron chi connectivity index (χ2n) is 7.88. The van der Waals surface area contributed by atoms with E-state index in [2.05, 4.69) is 32.9 Å². The quantitative estimate of drug-likeness (QED) is 0.208. The lowest BCUT2D eigenvalue weighted by atomic mass is 10.1. The van der Waals surface area contributed by atoms with Gasteiger partial charge in [0.15, 0.2) is 5.96 Å². The number of carbonyl (C=O) groups excluding carboxylic acids is 1. The Kier molecular flexibility index (Phi) is 14.4. The van der Waals surface area contributed by atoms with Crippen molar-refractivity contribution in [2.75, 3.05) is 19.6 Å². The van der Waals surface area contributed by atoms with E-state index < -0.39 is 17.8 Å². The maximum Gasteiger partial charge on any atom is 0.407 e. The summed E-state index contributed by atoms with van der Waals surface area (Å²) in [6.07, 6.45) is 5.11. The molecule has 0 spiro atoms. The van der Waals surface area contributed by atoms with Crippen LogP contribution in [0.15, 0.2) is 29.5 Å². The molecule has 0 fully saturated rings. The topological polar surface area (TPSA) is 108 Å². The number of hydrogen-bond donors (Lipinski definition) is 4. The zero-order valence-corrected chi connectivity index (χ0v) is 21.1. The molecule has 0 saturated heterocycles. The van der Waals surface area contributed by atoms with Crippen LogP contribution >= 0.6 is 24.0 Å². The number of rotatable bonds is 10. The molecule has 0 aromatic carbocycles. The van der Waals surface area contributed by atoms with Crippen LogP contribution in [-0.2, 0) is 4.74 Å². The molecule has 0 aliphatic carbocycles. The van der Waals surface area contributed by atoms with Gasteiger partial charge < -0.3 is 25.8 Å². The van der Waals surface area contributed by atoms with Crippen molar-refractivity contribution in [1.29, 1.82) is 0 Å². The van der Waals surface area contributed by atoms with Crippen molar-refractivity contribution >= 4 is 36.0 Å². The summed E-state index contributed by atoms with van der Waals surface area (Å²) in [4.78, 5) is 20.4. The van der Waals surface area contributed by atoms with Gasteiger partial charge >= 0.3 is 6.09 Å². The highest BCUT2D eigenvalue weighted by Crippen LogP contribution is 2.11. The number of hydrogen-bond acceptors (Lipinski definition) is 5. The summed E-state index contributed by atoms with van der Waals surface area (Å²) in [7, 11) is 0. The van der Waals surface area contributed by atoms with Gasteiger partial charge in [-0.15, -0.1) is 24.0 Å². The van der Waals surface area contributed by atoms with E-state index in [4.69, 9.17) is 4.74 Å². The fourth-order valence-electron chi connectivity index (χ4n) is 2.58. The zero-order valence-electron chi connectivity index (χ0n) is 18.8. The molecular weight excluding hydrogens is 497 g/mol. The summed E-state index contributed by atoms with van der Waals surface area (Å²) in [6.45, 7) is 11.0. The molecule has 1 rings (SSSR count). The van der Waals surface area contributed by atoms with E-state index in [9.17, 15) is 9.90 Å². The standard InChI is InChI=1S/C21H37N5O3.HI/c1-6-8-9-17(14-25-20(28)29-21(3,4)5)26-19(23-7-2)24-15-18(27)16-10-12-22-13-11-16;/h10-13,17-18,27H,6-9,14-15H2,1-5H3,(H,25,28)(H2,23,24,26);1H. The Balaban J connectivity index is 0.00000841. The van der Waals surface area contributed by atoms with Crippen molar-refractivity contribution in [2.45, 2.75) is 71.6 Å². The van der Waals surface area contributed by atoms with Crippen LogP contribution in [0.1, 0.15) is 65.5 Å². The number of nitrogens with one attached hydrogen (secondary N) is 3. The Bertz CT molecular complexity index is 623. The number of aliphatic hydroxyl groups excluding tert-OH is 1. The molecule has 172 valence electrons. The fourth-order valence-corrected chi connectivity index (χ4v) is 2.58. The molecule has 9 heteroatoms. The van der Waals surface area contributed by atoms with Gasteiger partial charge in [0, 0.05) is 31.5 Å². The molecular formula is C21H38IN5O3. The predicted octanol–water partition coefficient (Wildman–Crippen LogP) is 3.37. The highest BCUT2D eigenvalue weighted by atomic mass is 127.